The third-order valence-corrected chi connectivity index (χ3v) is 4.72. The number of thiazole rings is 1. The molecule has 0 unspecified atom stereocenters. The number of carbonyl (C=O) groups excluding carboxylic acids is 1. The highest BCUT2D eigenvalue weighted by molar-refractivity contribution is 7.11. The molecule has 9 heteroatoms. The number of ether oxygens (including phenoxy) is 1. The van der Waals surface area contributed by atoms with Crippen molar-refractivity contribution in [3.8, 4) is 5.75 Å². The van der Waals surface area contributed by atoms with E-state index >= 15 is 0 Å². The van der Waals surface area contributed by atoms with Crippen molar-refractivity contribution in [2.45, 2.75) is 20.3 Å². The number of hydrogen-bond donors (Lipinski definition) is 2. The number of rotatable bonds is 5. The molecule has 134 valence electrons. The summed E-state index contributed by atoms with van der Waals surface area (Å²) < 4.78 is 5.18. The van der Waals surface area contributed by atoms with Crippen molar-refractivity contribution in [2.24, 2.45) is 0 Å². The second kappa shape index (κ2) is 9.93. The molecule has 1 aromatic carbocycles. The number of halogens is 3. The molecule has 2 rings (SSSR count). The summed E-state index contributed by atoms with van der Waals surface area (Å²) in [5.74, 6) is 0.157. The predicted molar refractivity (Wildman–Crippen MR) is 105 cm³/mol. The summed E-state index contributed by atoms with van der Waals surface area (Å²) >= 11 is 7.62. The zero-order valence-electron chi connectivity index (χ0n) is 13.5. The van der Waals surface area contributed by atoms with Crippen molar-refractivity contribution in [3.63, 3.8) is 0 Å². The molecular formula is C15H20Cl3N3O2S. The quantitative estimate of drug-likeness (QED) is 0.732. The molecule has 0 spiro atoms. The maximum atomic E-state index is 12.2. The number of nitrogens with zero attached hydrogens (tertiary/aromatic N) is 1. The van der Waals surface area contributed by atoms with Crippen LogP contribution in [0.4, 0.5) is 5.69 Å². The minimum Gasteiger partial charge on any atom is -0.496 e. The number of benzene rings is 1. The van der Waals surface area contributed by atoms with Gasteiger partial charge in [0.15, 0.2) is 0 Å². The lowest BCUT2D eigenvalue weighted by Gasteiger charge is -2.11. The number of nitrogen functional groups attached to an aromatic ring is 1. The van der Waals surface area contributed by atoms with Crippen LogP contribution in [0.3, 0.4) is 0 Å². The standard InChI is InChI=1S/C15H18ClN3O2S.2ClH/c1-8-9(2)22-14(19-8)4-5-18-15(20)10-6-11(16)12(17)7-13(10)21-3;;/h6-7H,4-5,17H2,1-3H3,(H,18,20);2*1H. The third kappa shape index (κ3) is 5.41. The molecule has 0 atom stereocenters. The Morgan fingerprint density at radius 1 is 1.38 bits per heavy atom. The SMILES string of the molecule is COc1cc(N)c(Cl)cc1C(=O)NCCc1nc(C)c(C)s1.Cl.Cl. The van der Waals surface area contributed by atoms with Crippen LogP contribution >= 0.6 is 47.8 Å². The average molecular weight is 413 g/mol. The van der Waals surface area contributed by atoms with Gasteiger partial charge in [-0.1, -0.05) is 11.6 Å². The van der Waals surface area contributed by atoms with Crippen molar-refractivity contribution in [1.29, 1.82) is 0 Å². The second-order valence-electron chi connectivity index (χ2n) is 4.83. The Morgan fingerprint density at radius 3 is 2.58 bits per heavy atom. The molecule has 2 aromatic rings. The number of amides is 1. The molecular weight excluding hydrogens is 393 g/mol. The fourth-order valence-corrected chi connectivity index (χ4v) is 3.04. The summed E-state index contributed by atoms with van der Waals surface area (Å²) in [7, 11) is 1.49. The van der Waals surface area contributed by atoms with Gasteiger partial charge in [-0.3, -0.25) is 4.79 Å². The minimum atomic E-state index is -0.247. The van der Waals surface area contributed by atoms with Crippen molar-refractivity contribution in [3.05, 3.63) is 38.3 Å². The highest BCUT2D eigenvalue weighted by atomic mass is 35.5. The number of nitrogens with two attached hydrogens (primary N) is 1. The number of hydrogen-bond acceptors (Lipinski definition) is 5. The number of aromatic nitrogens is 1. The minimum absolute atomic E-state index is 0. The molecule has 0 saturated heterocycles. The van der Waals surface area contributed by atoms with Crippen LogP contribution in [-0.4, -0.2) is 24.5 Å². The van der Waals surface area contributed by atoms with Gasteiger partial charge in [-0.05, 0) is 19.9 Å². The molecule has 0 aliphatic rings. The summed E-state index contributed by atoms with van der Waals surface area (Å²) in [6.07, 6.45) is 0.691. The maximum absolute atomic E-state index is 12.2. The molecule has 0 fully saturated rings. The fourth-order valence-electron chi connectivity index (χ4n) is 1.94. The molecule has 0 radical (unpaired) electrons. The third-order valence-electron chi connectivity index (χ3n) is 3.26. The highest BCUT2D eigenvalue weighted by Crippen LogP contribution is 2.28. The van der Waals surface area contributed by atoms with Gasteiger partial charge in [0.05, 0.1) is 34.1 Å². The van der Waals surface area contributed by atoms with Crippen LogP contribution in [0.5, 0.6) is 5.75 Å². The molecule has 1 heterocycles. The summed E-state index contributed by atoms with van der Waals surface area (Å²) in [4.78, 5) is 17.9. The van der Waals surface area contributed by atoms with E-state index in [9.17, 15) is 4.79 Å². The molecule has 5 nitrogen and oxygen atoms in total. The first-order valence-corrected chi connectivity index (χ1v) is 7.96. The van der Waals surface area contributed by atoms with E-state index in [1.165, 1.54) is 18.1 Å². The number of anilines is 1. The van der Waals surface area contributed by atoms with Crippen LogP contribution in [0, 0.1) is 13.8 Å². The first kappa shape index (κ1) is 22.8. The fraction of sp³-hybridized carbons (Fsp3) is 0.333. The van der Waals surface area contributed by atoms with Crippen LogP contribution in [0.25, 0.3) is 0 Å². The van der Waals surface area contributed by atoms with E-state index in [1.54, 1.807) is 17.4 Å². The van der Waals surface area contributed by atoms with E-state index in [2.05, 4.69) is 10.3 Å². The monoisotopic (exact) mass is 411 g/mol. The number of carbonyl (C=O) groups is 1. The van der Waals surface area contributed by atoms with Crippen molar-refractivity contribution in [1.82, 2.24) is 10.3 Å². The molecule has 0 saturated carbocycles. The predicted octanol–water partition coefficient (Wildman–Crippen LogP) is 3.82. The summed E-state index contributed by atoms with van der Waals surface area (Å²) in [5, 5.41) is 4.19. The molecule has 1 amide bonds. The first-order chi connectivity index (χ1) is 10.4. The van der Waals surface area contributed by atoms with E-state index in [0.717, 1.165) is 10.7 Å². The van der Waals surface area contributed by atoms with Gasteiger partial charge >= 0.3 is 0 Å². The largest absolute Gasteiger partial charge is 0.496 e. The van der Waals surface area contributed by atoms with E-state index in [4.69, 9.17) is 22.1 Å². The first-order valence-electron chi connectivity index (χ1n) is 6.76. The van der Waals surface area contributed by atoms with E-state index in [-0.39, 0.29) is 30.7 Å². The number of methoxy groups -OCH3 is 1. The smallest absolute Gasteiger partial charge is 0.255 e. The van der Waals surface area contributed by atoms with E-state index in [1.807, 2.05) is 13.8 Å². The van der Waals surface area contributed by atoms with Gasteiger partial charge in [-0.15, -0.1) is 36.2 Å². The van der Waals surface area contributed by atoms with Gasteiger partial charge in [0.2, 0.25) is 0 Å². The van der Waals surface area contributed by atoms with Gasteiger partial charge in [-0.25, -0.2) is 4.98 Å². The second-order valence-corrected chi connectivity index (χ2v) is 6.52. The van der Waals surface area contributed by atoms with Crippen molar-refractivity contribution < 1.29 is 9.53 Å². The maximum Gasteiger partial charge on any atom is 0.255 e. The molecule has 0 aliphatic carbocycles. The molecule has 0 bridgehead atoms. The van der Waals surface area contributed by atoms with Crippen LogP contribution in [0.15, 0.2) is 12.1 Å². The number of nitrogens with one attached hydrogen (secondary N) is 1. The summed E-state index contributed by atoms with van der Waals surface area (Å²) in [6.45, 7) is 4.52. The molecule has 24 heavy (non-hydrogen) atoms. The van der Waals surface area contributed by atoms with Crippen LogP contribution in [-0.2, 0) is 6.42 Å². The lowest BCUT2D eigenvalue weighted by atomic mass is 10.1. The van der Waals surface area contributed by atoms with Crippen LogP contribution < -0.4 is 15.8 Å². The lowest BCUT2D eigenvalue weighted by Crippen LogP contribution is -2.26. The van der Waals surface area contributed by atoms with Gasteiger partial charge in [0.25, 0.3) is 5.91 Å². The lowest BCUT2D eigenvalue weighted by molar-refractivity contribution is 0.0951. The normalized spacial score (nSPS) is 9.67. The van der Waals surface area contributed by atoms with Crippen LogP contribution in [0.1, 0.15) is 25.9 Å². The Kier molecular flexibility index (Phi) is 9.43. The highest BCUT2D eigenvalue weighted by Gasteiger charge is 2.15. The Morgan fingerprint density at radius 2 is 2.04 bits per heavy atom. The Balaban J connectivity index is 0.00000264. The molecule has 1 aromatic heterocycles. The van der Waals surface area contributed by atoms with E-state index < -0.39 is 0 Å². The zero-order chi connectivity index (χ0) is 16.3. The van der Waals surface area contributed by atoms with Crippen molar-refractivity contribution in [2.75, 3.05) is 19.4 Å². The van der Waals surface area contributed by atoms with E-state index in [0.29, 0.717) is 35.0 Å². The molecule has 3 N–H and O–H groups in total. The summed E-state index contributed by atoms with van der Waals surface area (Å²) in [5.41, 5.74) is 7.49. The summed E-state index contributed by atoms with van der Waals surface area (Å²) in [6, 6.07) is 3.06. The Labute approximate surface area is 162 Å². The molecule has 0 aliphatic heterocycles. The van der Waals surface area contributed by atoms with Gasteiger partial charge in [0, 0.05) is 23.9 Å². The van der Waals surface area contributed by atoms with Crippen LogP contribution in [0.2, 0.25) is 5.02 Å². The Hall–Kier alpha value is -1.21. The average Bonchev–Trinajstić information content (AvgIpc) is 2.79. The number of aryl methyl sites for hydroxylation is 2. The van der Waals surface area contributed by atoms with Gasteiger partial charge in [0.1, 0.15) is 5.75 Å². The zero-order valence-corrected chi connectivity index (χ0v) is 16.7. The van der Waals surface area contributed by atoms with Gasteiger partial charge in [-0.2, -0.15) is 0 Å². The van der Waals surface area contributed by atoms with Crippen molar-refractivity contribution >= 4 is 59.3 Å². The topological polar surface area (TPSA) is 77.2 Å². The van der Waals surface area contributed by atoms with Gasteiger partial charge < -0.3 is 15.8 Å². The Bertz CT molecular complexity index is 688.